The van der Waals surface area contributed by atoms with Crippen LogP contribution in [0.25, 0.3) is 5.69 Å². The lowest BCUT2D eigenvalue weighted by molar-refractivity contribution is -0.384. The summed E-state index contributed by atoms with van der Waals surface area (Å²) in [4.78, 5) is 17.7. The van der Waals surface area contributed by atoms with Crippen LogP contribution in [0.2, 0.25) is 5.02 Å². The molecule has 1 aliphatic heterocycles. The topological polar surface area (TPSA) is 89.5 Å². The molecular formula is C19H17ClN6O2. The first kappa shape index (κ1) is 18.3. The Kier molecular flexibility index (Phi) is 4.66. The summed E-state index contributed by atoms with van der Waals surface area (Å²) in [5.41, 5.74) is 2.69. The quantitative estimate of drug-likeness (QED) is 0.499. The summed E-state index contributed by atoms with van der Waals surface area (Å²) >= 11 is 6.41. The summed E-state index contributed by atoms with van der Waals surface area (Å²) in [5.74, 6) is 1.42. The van der Waals surface area contributed by atoms with Crippen LogP contribution in [0.5, 0.6) is 0 Å². The molecule has 2 aromatic carbocycles. The molecule has 28 heavy (non-hydrogen) atoms. The Balaban J connectivity index is 1.98. The Hall–Kier alpha value is -3.10. The molecule has 0 atom stereocenters. The van der Waals surface area contributed by atoms with Crippen LogP contribution in [0, 0.1) is 10.1 Å². The van der Waals surface area contributed by atoms with Gasteiger partial charge < -0.3 is 4.90 Å². The van der Waals surface area contributed by atoms with E-state index in [4.69, 9.17) is 16.6 Å². The molecule has 0 amide bonds. The highest BCUT2D eigenvalue weighted by atomic mass is 35.5. The molecule has 0 N–H and O–H groups in total. The first-order chi connectivity index (χ1) is 13.5. The lowest BCUT2D eigenvalue weighted by Crippen LogP contribution is -2.17. The molecule has 0 fully saturated rings. The van der Waals surface area contributed by atoms with Crippen LogP contribution in [-0.4, -0.2) is 44.4 Å². The maximum absolute atomic E-state index is 11.4. The summed E-state index contributed by atoms with van der Waals surface area (Å²) < 4.78 is 1.92. The Morgan fingerprint density at radius 3 is 2.68 bits per heavy atom. The number of hydrogen-bond acceptors (Lipinski definition) is 6. The number of nitro benzene ring substituents is 1. The fourth-order valence-corrected chi connectivity index (χ4v) is 3.49. The number of aliphatic imine (C=N–C) groups is 1. The lowest BCUT2D eigenvalue weighted by Gasteiger charge is -2.15. The van der Waals surface area contributed by atoms with Crippen molar-refractivity contribution in [3.05, 3.63) is 80.4 Å². The van der Waals surface area contributed by atoms with Gasteiger partial charge in [0, 0.05) is 28.3 Å². The molecular weight excluding hydrogens is 380 g/mol. The van der Waals surface area contributed by atoms with Crippen molar-refractivity contribution >= 4 is 23.0 Å². The number of non-ortho nitro benzene ring substituents is 1. The normalized spacial score (nSPS) is 12.9. The average molecular weight is 397 g/mol. The van der Waals surface area contributed by atoms with E-state index in [0.29, 0.717) is 35.2 Å². The zero-order chi connectivity index (χ0) is 19.8. The average Bonchev–Trinajstić information content (AvgIpc) is 2.96. The van der Waals surface area contributed by atoms with Crippen molar-refractivity contribution in [2.75, 3.05) is 14.1 Å². The number of nitrogens with zero attached hydrogens (tertiary/aromatic N) is 6. The molecule has 0 bridgehead atoms. The second-order valence-electron chi connectivity index (χ2n) is 6.71. The minimum atomic E-state index is -0.413. The lowest BCUT2D eigenvalue weighted by atomic mass is 9.99. The van der Waals surface area contributed by atoms with Gasteiger partial charge in [-0.25, -0.2) is 0 Å². The Bertz CT molecular complexity index is 1110. The third-order valence-electron chi connectivity index (χ3n) is 4.45. The standard InChI is InChI=1S/C19H17ClN6O2/c1-24(2)11-18-23-22-17-10-21-19(13-5-3-4-6-15(13)20)14-9-12(26(27)28)7-8-16(14)25(17)18/h3-9H,10-11H2,1-2H3. The first-order valence-electron chi connectivity index (χ1n) is 8.62. The first-order valence-corrected chi connectivity index (χ1v) is 9.00. The third kappa shape index (κ3) is 3.17. The third-order valence-corrected chi connectivity index (χ3v) is 4.78. The SMILES string of the molecule is CN(C)Cc1nnc2n1-c1ccc([N+](=O)[O-])cc1C(c1ccccc1Cl)=NC2. The number of fused-ring (bicyclic) bond motifs is 3. The number of aromatic nitrogens is 3. The van der Waals surface area contributed by atoms with Crippen LogP contribution in [0.1, 0.15) is 22.8 Å². The van der Waals surface area contributed by atoms with Crippen molar-refractivity contribution < 1.29 is 4.92 Å². The van der Waals surface area contributed by atoms with Crippen molar-refractivity contribution in [2.45, 2.75) is 13.1 Å². The van der Waals surface area contributed by atoms with Crippen LogP contribution in [0.3, 0.4) is 0 Å². The fourth-order valence-electron chi connectivity index (χ4n) is 3.26. The molecule has 9 heteroatoms. The number of benzene rings is 2. The van der Waals surface area contributed by atoms with Gasteiger partial charge in [0.1, 0.15) is 6.54 Å². The second-order valence-corrected chi connectivity index (χ2v) is 7.12. The van der Waals surface area contributed by atoms with Gasteiger partial charge >= 0.3 is 0 Å². The van der Waals surface area contributed by atoms with E-state index in [2.05, 4.69) is 10.2 Å². The predicted molar refractivity (Wildman–Crippen MR) is 106 cm³/mol. The Morgan fingerprint density at radius 1 is 1.18 bits per heavy atom. The molecule has 8 nitrogen and oxygen atoms in total. The van der Waals surface area contributed by atoms with E-state index in [-0.39, 0.29) is 5.69 Å². The van der Waals surface area contributed by atoms with Crippen LogP contribution in [0.15, 0.2) is 47.5 Å². The molecule has 1 aromatic heterocycles. The van der Waals surface area contributed by atoms with Gasteiger partial charge in [-0.2, -0.15) is 0 Å². The molecule has 4 rings (SSSR count). The van der Waals surface area contributed by atoms with Crippen molar-refractivity contribution in [3.63, 3.8) is 0 Å². The molecule has 0 saturated carbocycles. The van der Waals surface area contributed by atoms with Gasteiger partial charge in [0.05, 0.1) is 22.9 Å². The molecule has 142 valence electrons. The molecule has 0 spiro atoms. The van der Waals surface area contributed by atoms with E-state index < -0.39 is 4.92 Å². The number of rotatable bonds is 4. The summed E-state index contributed by atoms with van der Waals surface area (Å²) in [7, 11) is 3.89. The van der Waals surface area contributed by atoms with Crippen LogP contribution < -0.4 is 0 Å². The molecule has 1 aliphatic rings. The maximum atomic E-state index is 11.4. The van der Waals surface area contributed by atoms with Gasteiger partial charge in [0.2, 0.25) is 0 Å². The van der Waals surface area contributed by atoms with Crippen LogP contribution in [-0.2, 0) is 13.1 Å². The molecule has 2 heterocycles. The minimum Gasteiger partial charge on any atom is -0.302 e. The number of hydrogen-bond donors (Lipinski definition) is 0. The highest BCUT2D eigenvalue weighted by molar-refractivity contribution is 6.35. The summed E-state index contributed by atoms with van der Waals surface area (Å²) in [6, 6.07) is 12.1. The van der Waals surface area contributed by atoms with Gasteiger partial charge in [-0.15, -0.1) is 10.2 Å². The maximum Gasteiger partial charge on any atom is 0.270 e. The van der Waals surface area contributed by atoms with E-state index in [0.717, 1.165) is 17.1 Å². The van der Waals surface area contributed by atoms with Gasteiger partial charge in [-0.1, -0.05) is 29.8 Å². The zero-order valence-corrected chi connectivity index (χ0v) is 16.1. The van der Waals surface area contributed by atoms with E-state index >= 15 is 0 Å². The summed E-state index contributed by atoms with van der Waals surface area (Å²) in [6.45, 7) is 0.869. The smallest absolute Gasteiger partial charge is 0.270 e. The number of halogens is 1. The largest absolute Gasteiger partial charge is 0.302 e. The van der Waals surface area contributed by atoms with Gasteiger partial charge in [0.25, 0.3) is 5.69 Å². The predicted octanol–water partition coefficient (Wildman–Crippen LogP) is 3.24. The Morgan fingerprint density at radius 2 is 1.96 bits per heavy atom. The van der Waals surface area contributed by atoms with E-state index in [9.17, 15) is 10.1 Å². The minimum absolute atomic E-state index is 0.0100. The molecule has 0 radical (unpaired) electrons. The monoisotopic (exact) mass is 396 g/mol. The van der Waals surface area contributed by atoms with Crippen molar-refractivity contribution in [1.29, 1.82) is 0 Å². The zero-order valence-electron chi connectivity index (χ0n) is 15.3. The van der Waals surface area contributed by atoms with E-state index in [1.807, 2.05) is 41.8 Å². The highest BCUT2D eigenvalue weighted by Gasteiger charge is 2.26. The van der Waals surface area contributed by atoms with Crippen LogP contribution >= 0.6 is 11.6 Å². The fraction of sp³-hybridized carbons (Fsp3) is 0.211. The van der Waals surface area contributed by atoms with Crippen molar-refractivity contribution in [1.82, 2.24) is 19.7 Å². The molecule has 0 unspecified atom stereocenters. The highest BCUT2D eigenvalue weighted by Crippen LogP contribution is 2.31. The molecule has 0 saturated heterocycles. The van der Waals surface area contributed by atoms with E-state index in [1.54, 1.807) is 12.1 Å². The van der Waals surface area contributed by atoms with Gasteiger partial charge in [-0.05, 0) is 26.2 Å². The van der Waals surface area contributed by atoms with Gasteiger partial charge in [-0.3, -0.25) is 19.7 Å². The molecule has 3 aromatic rings. The summed E-state index contributed by atoms with van der Waals surface area (Å²) in [6.07, 6.45) is 0. The molecule has 0 aliphatic carbocycles. The number of nitro groups is 1. The summed E-state index contributed by atoms with van der Waals surface area (Å²) in [5, 5.41) is 20.5. The van der Waals surface area contributed by atoms with Crippen molar-refractivity contribution in [2.24, 2.45) is 4.99 Å². The Labute approximate surface area is 166 Å². The van der Waals surface area contributed by atoms with Crippen LogP contribution in [0.4, 0.5) is 5.69 Å². The van der Waals surface area contributed by atoms with Gasteiger partial charge in [0.15, 0.2) is 11.6 Å². The second kappa shape index (κ2) is 7.14. The van der Waals surface area contributed by atoms with E-state index in [1.165, 1.54) is 12.1 Å². The van der Waals surface area contributed by atoms with Crippen molar-refractivity contribution in [3.8, 4) is 5.69 Å².